The number of ether oxygens (including phenoxy) is 1. The van der Waals surface area contributed by atoms with Crippen LogP contribution in [0.5, 0.6) is 0 Å². The van der Waals surface area contributed by atoms with Crippen LogP contribution in [0.15, 0.2) is 40.6 Å². The molecule has 0 aliphatic carbocycles. The lowest BCUT2D eigenvalue weighted by Crippen LogP contribution is -2.38. The Bertz CT molecular complexity index is 920. The van der Waals surface area contributed by atoms with Gasteiger partial charge in [0.1, 0.15) is 16.8 Å². The molecular weight excluding hydrogens is 324 g/mol. The van der Waals surface area contributed by atoms with E-state index in [1.54, 1.807) is 28.0 Å². The van der Waals surface area contributed by atoms with Crippen molar-refractivity contribution in [3.05, 3.63) is 62.6 Å². The highest BCUT2D eigenvalue weighted by atomic mass is 32.1. The van der Waals surface area contributed by atoms with Crippen molar-refractivity contribution in [3.8, 4) is 0 Å². The van der Waals surface area contributed by atoms with Gasteiger partial charge in [-0.2, -0.15) is 0 Å². The number of morpholine rings is 1. The Morgan fingerprint density at radius 3 is 3.12 bits per heavy atom. The van der Waals surface area contributed by atoms with Crippen molar-refractivity contribution >= 4 is 17.0 Å². The number of fused-ring (bicyclic) bond motifs is 1. The van der Waals surface area contributed by atoms with E-state index < -0.39 is 0 Å². The minimum atomic E-state index is -0.0454. The monoisotopic (exact) mass is 342 g/mol. The minimum absolute atomic E-state index is 0.000923. The Balaban J connectivity index is 1.53. The topological polar surface area (TPSA) is 59.7 Å². The van der Waals surface area contributed by atoms with E-state index in [1.807, 2.05) is 30.5 Å². The van der Waals surface area contributed by atoms with Crippen LogP contribution in [0, 0.1) is 6.92 Å². The lowest BCUT2D eigenvalue weighted by atomic mass is 10.2. The summed E-state index contributed by atoms with van der Waals surface area (Å²) >= 11 is 1.64. The highest BCUT2D eigenvalue weighted by Gasteiger charge is 2.24. The molecule has 6 nitrogen and oxygen atoms in total. The number of pyridine rings is 1. The molecular formula is C17H18N4O2S. The van der Waals surface area contributed by atoms with Crippen LogP contribution in [0.1, 0.15) is 22.5 Å². The molecule has 1 atom stereocenters. The molecule has 0 bridgehead atoms. The maximum absolute atomic E-state index is 12.2. The number of hydrogen-bond acceptors (Lipinski definition) is 6. The van der Waals surface area contributed by atoms with Crippen LogP contribution in [-0.2, 0) is 11.3 Å². The summed E-state index contributed by atoms with van der Waals surface area (Å²) in [6.45, 7) is 4.90. The molecule has 0 amide bonds. The third kappa shape index (κ3) is 3.10. The van der Waals surface area contributed by atoms with Crippen LogP contribution >= 0.6 is 11.3 Å². The standard InChI is InChI=1S/C17H18N4O2S/c1-12-11-24-17(18-12)14-10-20(6-7-23-14)9-13-8-16(22)21-5-3-2-4-15(21)19-13/h2-5,8,11,14H,6-7,9-10H2,1H3/t14-/m0/s1. The first-order valence-electron chi connectivity index (χ1n) is 7.92. The van der Waals surface area contributed by atoms with Crippen molar-refractivity contribution in [1.29, 1.82) is 0 Å². The molecule has 0 radical (unpaired) electrons. The SMILES string of the molecule is Cc1csc([C@@H]2CN(Cc3cc(=O)n4ccccc4n3)CCO2)n1. The fourth-order valence-electron chi connectivity index (χ4n) is 2.93. The highest BCUT2D eigenvalue weighted by Crippen LogP contribution is 2.25. The van der Waals surface area contributed by atoms with E-state index in [2.05, 4.69) is 14.9 Å². The van der Waals surface area contributed by atoms with Gasteiger partial charge in [-0.3, -0.25) is 14.1 Å². The molecule has 0 aromatic carbocycles. The van der Waals surface area contributed by atoms with Crippen LogP contribution in [0.3, 0.4) is 0 Å². The molecule has 1 saturated heterocycles. The van der Waals surface area contributed by atoms with E-state index in [4.69, 9.17) is 4.74 Å². The first-order valence-corrected chi connectivity index (χ1v) is 8.80. The van der Waals surface area contributed by atoms with Gasteiger partial charge in [-0.1, -0.05) is 6.07 Å². The molecule has 0 N–H and O–H groups in total. The van der Waals surface area contributed by atoms with Crippen LogP contribution in [0.25, 0.3) is 5.65 Å². The highest BCUT2D eigenvalue weighted by molar-refractivity contribution is 7.09. The fourth-order valence-corrected chi connectivity index (χ4v) is 3.76. The minimum Gasteiger partial charge on any atom is -0.368 e. The summed E-state index contributed by atoms with van der Waals surface area (Å²) in [7, 11) is 0. The summed E-state index contributed by atoms with van der Waals surface area (Å²) < 4.78 is 7.42. The maximum Gasteiger partial charge on any atom is 0.258 e. The molecule has 4 heterocycles. The Morgan fingerprint density at radius 2 is 2.29 bits per heavy atom. The first-order chi connectivity index (χ1) is 11.7. The molecule has 124 valence electrons. The van der Waals surface area contributed by atoms with Crippen LogP contribution in [-0.4, -0.2) is 39.0 Å². The van der Waals surface area contributed by atoms with Gasteiger partial charge in [0.15, 0.2) is 0 Å². The van der Waals surface area contributed by atoms with Gasteiger partial charge in [-0.05, 0) is 19.1 Å². The molecule has 24 heavy (non-hydrogen) atoms. The summed E-state index contributed by atoms with van der Waals surface area (Å²) in [6, 6.07) is 7.19. The smallest absolute Gasteiger partial charge is 0.258 e. The van der Waals surface area contributed by atoms with Crippen LogP contribution in [0.4, 0.5) is 0 Å². The van der Waals surface area contributed by atoms with E-state index in [-0.39, 0.29) is 11.7 Å². The maximum atomic E-state index is 12.2. The molecule has 3 aromatic rings. The average Bonchev–Trinajstić information content (AvgIpc) is 3.02. The summed E-state index contributed by atoms with van der Waals surface area (Å²) in [6.07, 6.45) is 1.74. The molecule has 3 aromatic heterocycles. The van der Waals surface area contributed by atoms with Gasteiger partial charge < -0.3 is 4.74 Å². The third-order valence-corrected chi connectivity index (χ3v) is 5.13. The van der Waals surface area contributed by atoms with E-state index in [1.165, 1.54) is 0 Å². The third-order valence-electron chi connectivity index (χ3n) is 4.07. The second-order valence-electron chi connectivity index (χ2n) is 5.94. The van der Waals surface area contributed by atoms with Crippen LogP contribution in [0.2, 0.25) is 0 Å². The molecule has 0 spiro atoms. The van der Waals surface area contributed by atoms with Crippen molar-refractivity contribution in [3.63, 3.8) is 0 Å². The Kier molecular flexibility index (Phi) is 4.13. The molecule has 1 aliphatic heterocycles. The summed E-state index contributed by atoms with van der Waals surface area (Å²) in [5.74, 6) is 0. The number of nitrogens with zero attached hydrogens (tertiary/aromatic N) is 4. The molecule has 0 unspecified atom stereocenters. The lowest BCUT2D eigenvalue weighted by Gasteiger charge is -2.31. The van der Waals surface area contributed by atoms with Crippen molar-refractivity contribution < 1.29 is 4.74 Å². The number of thiazole rings is 1. The van der Waals surface area contributed by atoms with Gasteiger partial charge >= 0.3 is 0 Å². The number of aryl methyl sites for hydroxylation is 1. The van der Waals surface area contributed by atoms with Gasteiger partial charge in [0.2, 0.25) is 0 Å². The van der Waals surface area contributed by atoms with Crippen molar-refractivity contribution in [1.82, 2.24) is 19.3 Å². The second kappa shape index (κ2) is 6.43. The molecule has 1 aliphatic rings. The summed E-state index contributed by atoms with van der Waals surface area (Å²) in [5.41, 5.74) is 2.46. The van der Waals surface area contributed by atoms with Gasteiger partial charge in [0.05, 0.1) is 12.3 Å². The quantitative estimate of drug-likeness (QED) is 0.729. The Morgan fingerprint density at radius 1 is 1.38 bits per heavy atom. The Labute approximate surface area is 143 Å². The van der Waals surface area contributed by atoms with Gasteiger partial charge in [0.25, 0.3) is 5.56 Å². The van der Waals surface area contributed by atoms with Crippen molar-refractivity contribution in [2.45, 2.75) is 19.6 Å². The predicted octanol–water partition coefficient (Wildman–Crippen LogP) is 2.03. The van der Waals surface area contributed by atoms with E-state index >= 15 is 0 Å². The summed E-state index contributed by atoms with van der Waals surface area (Å²) in [4.78, 5) is 23.6. The molecule has 7 heteroatoms. The molecule has 0 saturated carbocycles. The Hall–Kier alpha value is -2.09. The first kappa shape index (κ1) is 15.4. The second-order valence-corrected chi connectivity index (χ2v) is 6.83. The van der Waals surface area contributed by atoms with Crippen molar-refractivity contribution in [2.75, 3.05) is 19.7 Å². The lowest BCUT2D eigenvalue weighted by molar-refractivity contribution is -0.0333. The fraction of sp³-hybridized carbons (Fsp3) is 0.353. The van der Waals surface area contributed by atoms with Gasteiger partial charge in [0, 0.05) is 43.0 Å². The summed E-state index contributed by atoms with van der Waals surface area (Å²) in [5, 5.41) is 3.06. The number of rotatable bonds is 3. The van der Waals surface area contributed by atoms with E-state index in [0.717, 1.165) is 29.5 Å². The largest absolute Gasteiger partial charge is 0.368 e. The molecule has 1 fully saturated rings. The average molecular weight is 342 g/mol. The zero-order chi connectivity index (χ0) is 16.5. The normalized spacial score (nSPS) is 19.0. The number of hydrogen-bond donors (Lipinski definition) is 0. The zero-order valence-corrected chi connectivity index (χ0v) is 14.2. The molecule has 4 rings (SSSR count). The zero-order valence-electron chi connectivity index (χ0n) is 13.4. The van der Waals surface area contributed by atoms with E-state index in [0.29, 0.717) is 18.8 Å². The van der Waals surface area contributed by atoms with Crippen molar-refractivity contribution in [2.24, 2.45) is 0 Å². The van der Waals surface area contributed by atoms with Crippen LogP contribution < -0.4 is 5.56 Å². The van der Waals surface area contributed by atoms with E-state index in [9.17, 15) is 4.79 Å². The predicted molar refractivity (Wildman–Crippen MR) is 92.3 cm³/mol. The van der Waals surface area contributed by atoms with Gasteiger partial charge in [-0.25, -0.2) is 9.97 Å². The van der Waals surface area contributed by atoms with Gasteiger partial charge in [-0.15, -0.1) is 11.3 Å². The number of aromatic nitrogens is 3.